The number of ether oxygens (including phenoxy) is 5. The third kappa shape index (κ3) is 27.1. The van der Waals surface area contributed by atoms with E-state index >= 15 is 0 Å². The smallest absolute Gasteiger partial charge is 0.411 e. The van der Waals surface area contributed by atoms with Crippen molar-refractivity contribution in [2.24, 2.45) is 0 Å². The van der Waals surface area contributed by atoms with Crippen molar-refractivity contribution in [1.82, 2.24) is 25.8 Å². The standard InChI is InChI=1S/C42H73N5O10/c1-39(2,3)54-35(49)43-24-18-28-46(29-19-25-44-36(50)55-40(4,5)6)27-17-16-23-33(34(48)53-31-32-21-14-13-15-22-32)47(38(52)57-42(10,11)12)30-20-26-45-37(51)56-41(7,8)9/h13-15,21-22,33H,16-20,23-31H2,1-12H3,(H,43,49)(H,44,50)(H,45,51)/t33-/m0/s1. The molecule has 0 aromatic heterocycles. The molecule has 0 fully saturated rings. The average Bonchev–Trinajstić information content (AvgIpc) is 3.04. The van der Waals surface area contributed by atoms with Gasteiger partial charge in [-0.25, -0.2) is 24.0 Å². The number of esters is 1. The highest BCUT2D eigenvalue weighted by atomic mass is 16.6. The predicted molar refractivity (Wildman–Crippen MR) is 220 cm³/mol. The van der Waals surface area contributed by atoms with E-state index in [1.807, 2.05) is 71.9 Å². The summed E-state index contributed by atoms with van der Waals surface area (Å²) in [5.74, 6) is -0.553. The van der Waals surface area contributed by atoms with Crippen molar-refractivity contribution in [3.8, 4) is 0 Å². The molecule has 0 heterocycles. The third-order valence-corrected chi connectivity index (χ3v) is 7.58. The molecule has 1 aromatic carbocycles. The van der Waals surface area contributed by atoms with Gasteiger partial charge in [-0.2, -0.15) is 0 Å². The number of unbranched alkanes of at least 4 members (excludes halogenated alkanes) is 1. The van der Waals surface area contributed by atoms with E-state index in [1.165, 1.54) is 4.90 Å². The molecule has 0 unspecified atom stereocenters. The van der Waals surface area contributed by atoms with Gasteiger partial charge >= 0.3 is 30.3 Å². The average molecular weight is 808 g/mol. The Balaban J connectivity index is 3.09. The van der Waals surface area contributed by atoms with Crippen LogP contribution in [0.3, 0.4) is 0 Å². The molecule has 15 heteroatoms. The Hall–Kier alpha value is -4.27. The highest BCUT2D eigenvalue weighted by molar-refractivity contribution is 5.81. The molecule has 0 aliphatic carbocycles. The third-order valence-electron chi connectivity index (χ3n) is 7.58. The van der Waals surface area contributed by atoms with Crippen LogP contribution in [-0.2, 0) is 35.1 Å². The molecule has 3 N–H and O–H groups in total. The van der Waals surface area contributed by atoms with Crippen LogP contribution in [-0.4, -0.2) is 114 Å². The number of nitrogens with one attached hydrogen (secondary N) is 3. The van der Waals surface area contributed by atoms with Crippen molar-refractivity contribution >= 4 is 30.3 Å². The molecule has 15 nitrogen and oxygen atoms in total. The van der Waals surface area contributed by atoms with Crippen LogP contribution in [0.2, 0.25) is 0 Å². The lowest BCUT2D eigenvalue weighted by atomic mass is 10.1. The zero-order valence-electron chi connectivity index (χ0n) is 36.8. The molecule has 57 heavy (non-hydrogen) atoms. The van der Waals surface area contributed by atoms with Gasteiger partial charge in [-0.1, -0.05) is 30.3 Å². The van der Waals surface area contributed by atoms with E-state index < -0.39 is 58.8 Å². The Morgan fingerprint density at radius 3 is 1.37 bits per heavy atom. The molecule has 0 spiro atoms. The fourth-order valence-electron chi connectivity index (χ4n) is 5.30. The largest absolute Gasteiger partial charge is 0.459 e. The molecule has 0 radical (unpaired) electrons. The maximum Gasteiger partial charge on any atom is 0.411 e. The van der Waals surface area contributed by atoms with Gasteiger partial charge in [0, 0.05) is 26.2 Å². The molecule has 0 aliphatic rings. The van der Waals surface area contributed by atoms with Crippen LogP contribution < -0.4 is 16.0 Å². The lowest BCUT2D eigenvalue weighted by Gasteiger charge is -2.33. The van der Waals surface area contributed by atoms with Crippen LogP contribution in [0.25, 0.3) is 0 Å². The number of carbonyl (C=O) groups excluding carboxylic acids is 5. The quantitative estimate of drug-likeness (QED) is 0.0636. The summed E-state index contributed by atoms with van der Waals surface area (Å²) in [6.45, 7) is 24.7. The second-order valence-electron chi connectivity index (χ2n) is 18.0. The molecular formula is C42H73N5O10. The van der Waals surface area contributed by atoms with Gasteiger partial charge in [-0.3, -0.25) is 4.90 Å². The first-order valence-electron chi connectivity index (χ1n) is 20.2. The van der Waals surface area contributed by atoms with Gasteiger partial charge in [-0.15, -0.1) is 0 Å². The van der Waals surface area contributed by atoms with E-state index in [0.717, 1.165) is 5.56 Å². The number of nitrogens with zero attached hydrogens (tertiary/aromatic N) is 2. The molecule has 1 rings (SSSR count). The number of amides is 4. The fourth-order valence-corrected chi connectivity index (χ4v) is 5.30. The van der Waals surface area contributed by atoms with Gasteiger partial charge in [-0.05, 0) is 147 Å². The maximum atomic E-state index is 13.8. The summed E-state index contributed by atoms with van der Waals surface area (Å²) < 4.78 is 27.6. The van der Waals surface area contributed by atoms with E-state index in [2.05, 4.69) is 20.9 Å². The monoisotopic (exact) mass is 808 g/mol. The van der Waals surface area contributed by atoms with E-state index in [4.69, 9.17) is 23.7 Å². The first-order chi connectivity index (χ1) is 26.3. The van der Waals surface area contributed by atoms with E-state index in [1.54, 1.807) is 41.5 Å². The summed E-state index contributed by atoms with van der Waals surface area (Å²) >= 11 is 0. The normalized spacial score (nSPS) is 12.6. The predicted octanol–water partition coefficient (Wildman–Crippen LogP) is 7.55. The van der Waals surface area contributed by atoms with Crippen molar-refractivity contribution in [2.75, 3.05) is 45.8 Å². The summed E-state index contributed by atoms with van der Waals surface area (Å²) in [7, 11) is 0. The fraction of sp³-hybridized carbons (Fsp3) is 0.738. The SMILES string of the molecule is CC(C)(C)OC(=O)NCCCN(CCCC[C@@H](C(=O)OCc1ccccc1)N(CCCNC(=O)OC(C)(C)C)C(=O)OC(C)(C)C)CCCNC(=O)OC(C)(C)C. The van der Waals surface area contributed by atoms with Crippen molar-refractivity contribution in [3.05, 3.63) is 35.9 Å². The van der Waals surface area contributed by atoms with Crippen LogP contribution in [0, 0.1) is 0 Å². The summed E-state index contributed by atoms with van der Waals surface area (Å²) in [4.78, 5) is 67.8. The van der Waals surface area contributed by atoms with Crippen LogP contribution in [0.4, 0.5) is 19.2 Å². The molecule has 326 valence electrons. The second-order valence-corrected chi connectivity index (χ2v) is 18.0. The zero-order chi connectivity index (χ0) is 43.3. The van der Waals surface area contributed by atoms with Crippen molar-refractivity contribution in [3.63, 3.8) is 0 Å². The van der Waals surface area contributed by atoms with Gasteiger partial charge < -0.3 is 44.5 Å². The molecular weight excluding hydrogens is 734 g/mol. The lowest BCUT2D eigenvalue weighted by molar-refractivity contribution is -0.151. The molecule has 0 aliphatic heterocycles. The molecule has 0 saturated carbocycles. The van der Waals surface area contributed by atoms with Crippen molar-refractivity contribution < 1.29 is 47.7 Å². The number of hydrogen-bond donors (Lipinski definition) is 3. The minimum Gasteiger partial charge on any atom is -0.459 e. The van der Waals surface area contributed by atoms with Gasteiger partial charge in [0.2, 0.25) is 0 Å². The number of hydrogen-bond acceptors (Lipinski definition) is 11. The first kappa shape index (κ1) is 50.7. The highest BCUT2D eigenvalue weighted by Crippen LogP contribution is 2.19. The maximum absolute atomic E-state index is 13.8. The number of benzene rings is 1. The van der Waals surface area contributed by atoms with E-state index in [-0.39, 0.29) is 19.7 Å². The Morgan fingerprint density at radius 2 is 0.947 bits per heavy atom. The number of carbonyl (C=O) groups is 5. The summed E-state index contributed by atoms with van der Waals surface area (Å²) in [5, 5.41) is 8.31. The molecule has 1 atom stereocenters. The lowest BCUT2D eigenvalue weighted by Crippen LogP contribution is -2.49. The van der Waals surface area contributed by atoms with Crippen LogP contribution in [0.5, 0.6) is 0 Å². The summed E-state index contributed by atoms with van der Waals surface area (Å²) in [5.41, 5.74) is -1.87. The first-order valence-corrected chi connectivity index (χ1v) is 20.2. The minimum atomic E-state index is -0.949. The minimum absolute atomic E-state index is 0.0426. The van der Waals surface area contributed by atoms with Crippen LogP contribution in [0.15, 0.2) is 30.3 Å². The Kier molecular flexibility index (Phi) is 21.8. The van der Waals surface area contributed by atoms with Crippen LogP contribution in [0.1, 0.15) is 127 Å². The van der Waals surface area contributed by atoms with E-state index in [9.17, 15) is 24.0 Å². The summed E-state index contributed by atoms with van der Waals surface area (Å²) in [6.07, 6.45) is 1.05. The highest BCUT2D eigenvalue weighted by Gasteiger charge is 2.34. The van der Waals surface area contributed by atoms with Gasteiger partial charge in [0.25, 0.3) is 0 Å². The Morgan fingerprint density at radius 1 is 0.544 bits per heavy atom. The Bertz CT molecular complexity index is 1330. The summed E-state index contributed by atoms with van der Waals surface area (Å²) in [6, 6.07) is 8.36. The molecule has 0 saturated heterocycles. The van der Waals surface area contributed by atoms with Gasteiger partial charge in [0.05, 0.1) is 0 Å². The number of rotatable bonds is 21. The van der Waals surface area contributed by atoms with Gasteiger partial charge in [0.15, 0.2) is 0 Å². The van der Waals surface area contributed by atoms with Crippen molar-refractivity contribution in [1.29, 1.82) is 0 Å². The Labute approximate surface area is 341 Å². The second kappa shape index (κ2) is 24.5. The van der Waals surface area contributed by atoms with Gasteiger partial charge in [0.1, 0.15) is 35.1 Å². The molecule has 4 amide bonds. The zero-order valence-corrected chi connectivity index (χ0v) is 36.8. The topological polar surface area (TPSA) is 174 Å². The number of alkyl carbamates (subject to hydrolysis) is 3. The molecule has 1 aromatic rings. The van der Waals surface area contributed by atoms with E-state index in [0.29, 0.717) is 71.2 Å². The van der Waals surface area contributed by atoms with Crippen LogP contribution >= 0.6 is 0 Å². The van der Waals surface area contributed by atoms with Crippen molar-refractivity contribution in [2.45, 2.75) is 157 Å². The molecule has 0 bridgehead atoms.